The fourth-order valence-corrected chi connectivity index (χ4v) is 1.19. The van der Waals surface area contributed by atoms with E-state index in [0.29, 0.717) is 5.56 Å². The molecule has 0 saturated carbocycles. The van der Waals surface area contributed by atoms with Gasteiger partial charge in [0.2, 0.25) is 0 Å². The van der Waals surface area contributed by atoms with Gasteiger partial charge in [-0.25, -0.2) is 0 Å². The molecular weight excluding hydrogens is 220 g/mol. The van der Waals surface area contributed by atoms with Crippen molar-refractivity contribution in [2.45, 2.75) is 19.6 Å². The van der Waals surface area contributed by atoms with Gasteiger partial charge in [-0.3, -0.25) is 9.59 Å². The summed E-state index contributed by atoms with van der Waals surface area (Å²) in [6.07, 6.45) is -1.09. The smallest absolute Gasteiger partial charge is 0.322 e. The first-order valence-corrected chi connectivity index (χ1v) is 5.06. The highest BCUT2D eigenvalue weighted by atomic mass is 16.6. The molecule has 0 aliphatic carbocycles. The Hall–Kier alpha value is -2.35. The number of nitrogens with zero attached hydrogens (tertiary/aromatic N) is 1. The molecule has 1 aromatic rings. The van der Waals surface area contributed by atoms with Crippen LogP contribution in [0.5, 0.6) is 0 Å². The van der Waals surface area contributed by atoms with Crippen molar-refractivity contribution in [1.29, 1.82) is 5.26 Å². The minimum absolute atomic E-state index is 0.328. The van der Waals surface area contributed by atoms with Gasteiger partial charge in [0, 0.05) is 5.56 Å². The lowest BCUT2D eigenvalue weighted by atomic mass is 10.2. The molecule has 88 valence electrons. The number of amides is 1. The molecule has 0 fully saturated rings. The van der Waals surface area contributed by atoms with Crippen molar-refractivity contribution >= 4 is 11.9 Å². The van der Waals surface area contributed by atoms with E-state index in [9.17, 15) is 9.59 Å². The predicted molar refractivity (Wildman–Crippen MR) is 59.7 cm³/mol. The number of ether oxygens (including phenoxy) is 1. The van der Waals surface area contributed by atoms with Crippen molar-refractivity contribution in [1.82, 2.24) is 5.32 Å². The molecule has 5 nitrogen and oxygen atoms in total. The summed E-state index contributed by atoms with van der Waals surface area (Å²) in [6.45, 7) is 1.52. The molecule has 1 rings (SSSR count). The maximum atomic E-state index is 11.6. The quantitative estimate of drug-likeness (QED) is 0.625. The fourth-order valence-electron chi connectivity index (χ4n) is 1.19. The summed E-state index contributed by atoms with van der Waals surface area (Å²) in [5, 5.41) is 10.8. The normalized spacial score (nSPS) is 11.1. The van der Waals surface area contributed by atoms with E-state index < -0.39 is 12.2 Å². The first-order chi connectivity index (χ1) is 8.13. The van der Waals surface area contributed by atoms with Crippen molar-refractivity contribution in [3.63, 3.8) is 0 Å². The Kier molecular flexibility index (Phi) is 4.70. The van der Waals surface area contributed by atoms with Crippen LogP contribution in [0, 0.1) is 11.3 Å². The Morgan fingerprint density at radius 3 is 2.65 bits per heavy atom. The van der Waals surface area contributed by atoms with Crippen LogP contribution >= 0.6 is 0 Å². The number of carbonyl (C=O) groups excluding carboxylic acids is 2. The molecule has 0 aliphatic heterocycles. The Balaban J connectivity index is 2.47. The van der Waals surface area contributed by atoms with Crippen molar-refractivity contribution in [3.05, 3.63) is 35.9 Å². The Morgan fingerprint density at radius 2 is 2.06 bits per heavy atom. The van der Waals surface area contributed by atoms with Crippen LogP contribution in [-0.4, -0.2) is 18.1 Å². The molecule has 0 bridgehead atoms. The number of benzene rings is 1. The largest absolute Gasteiger partial charge is 0.441 e. The predicted octanol–water partition coefficient (Wildman–Crippen LogP) is 1.22. The third-order valence-electron chi connectivity index (χ3n) is 1.90. The molecule has 1 N–H and O–H groups in total. The van der Waals surface area contributed by atoms with E-state index in [2.05, 4.69) is 5.32 Å². The Bertz CT molecular complexity index is 437. The zero-order valence-electron chi connectivity index (χ0n) is 9.34. The van der Waals surface area contributed by atoms with Gasteiger partial charge in [-0.05, 0) is 19.1 Å². The summed E-state index contributed by atoms with van der Waals surface area (Å²) in [7, 11) is 0. The zero-order valence-corrected chi connectivity index (χ0v) is 9.34. The lowest BCUT2D eigenvalue weighted by Crippen LogP contribution is -2.36. The summed E-state index contributed by atoms with van der Waals surface area (Å²) >= 11 is 0. The van der Waals surface area contributed by atoms with Crippen LogP contribution in [0.25, 0.3) is 0 Å². The first-order valence-electron chi connectivity index (χ1n) is 5.06. The van der Waals surface area contributed by atoms with Gasteiger partial charge in [-0.1, -0.05) is 18.2 Å². The third-order valence-corrected chi connectivity index (χ3v) is 1.90. The van der Waals surface area contributed by atoms with Gasteiger partial charge in [0.15, 0.2) is 6.23 Å². The minimum atomic E-state index is -0.761. The first kappa shape index (κ1) is 12.7. The van der Waals surface area contributed by atoms with Crippen LogP contribution in [0.4, 0.5) is 0 Å². The van der Waals surface area contributed by atoms with E-state index >= 15 is 0 Å². The van der Waals surface area contributed by atoms with Gasteiger partial charge in [-0.15, -0.1) is 0 Å². The van der Waals surface area contributed by atoms with Crippen molar-refractivity contribution in [2.24, 2.45) is 0 Å². The molecule has 0 saturated heterocycles. The molecule has 1 unspecified atom stereocenters. The van der Waals surface area contributed by atoms with E-state index in [0.717, 1.165) is 0 Å². The van der Waals surface area contributed by atoms with Crippen LogP contribution in [0.1, 0.15) is 23.7 Å². The number of nitriles is 1. The molecule has 1 aromatic carbocycles. The number of carbonyl (C=O) groups is 2. The highest BCUT2D eigenvalue weighted by Crippen LogP contribution is 1.99. The van der Waals surface area contributed by atoms with Crippen molar-refractivity contribution < 1.29 is 14.3 Å². The van der Waals surface area contributed by atoms with Crippen LogP contribution in [0.3, 0.4) is 0 Å². The average molecular weight is 232 g/mol. The second-order valence-corrected chi connectivity index (χ2v) is 3.31. The van der Waals surface area contributed by atoms with E-state index in [1.54, 1.807) is 36.4 Å². The molecule has 0 aromatic heterocycles. The number of nitrogens with one attached hydrogen (secondary N) is 1. The Morgan fingerprint density at radius 1 is 1.41 bits per heavy atom. The van der Waals surface area contributed by atoms with Gasteiger partial charge in [-0.2, -0.15) is 5.26 Å². The monoisotopic (exact) mass is 232 g/mol. The standard InChI is InChI=1S/C12H12N2O3/c1-9(17-11(15)7-8-13)14-12(16)10-5-3-2-4-6-10/h2-6,9H,7H2,1H3,(H,14,16). The summed E-state index contributed by atoms with van der Waals surface area (Å²) in [5.74, 6) is -0.990. The molecule has 0 radical (unpaired) electrons. The molecule has 17 heavy (non-hydrogen) atoms. The molecule has 5 heteroatoms. The van der Waals surface area contributed by atoms with Gasteiger partial charge in [0.25, 0.3) is 5.91 Å². The van der Waals surface area contributed by atoms with Crippen molar-refractivity contribution in [2.75, 3.05) is 0 Å². The molecule has 1 amide bonds. The van der Waals surface area contributed by atoms with Crippen LogP contribution in [-0.2, 0) is 9.53 Å². The molecule has 0 spiro atoms. The second-order valence-electron chi connectivity index (χ2n) is 3.31. The van der Waals surface area contributed by atoms with E-state index in [1.165, 1.54) is 6.92 Å². The molecular formula is C12H12N2O3. The number of esters is 1. The molecule has 0 aliphatic rings. The van der Waals surface area contributed by atoms with Crippen LogP contribution < -0.4 is 5.32 Å². The fraction of sp³-hybridized carbons (Fsp3) is 0.250. The molecule has 1 atom stereocenters. The zero-order chi connectivity index (χ0) is 12.7. The van der Waals surface area contributed by atoms with Gasteiger partial charge in [0.05, 0.1) is 6.07 Å². The number of hydrogen-bond donors (Lipinski definition) is 1. The lowest BCUT2D eigenvalue weighted by molar-refractivity contribution is -0.147. The average Bonchev–Trinajstić information content (AvgIpc) is 2.30. The third kappa shape index (κ3) is 4.34. The number of rotatable bonds is 4. The summed E-state index contributed by atoms with van der Waals surface area (Å²) in [4.78, 5) is 22.6. The lowest BCUT2D eigenvalue weighted by Gasteiger charge is -2.13. The van der Waals surface area contributed by atoms with Gasteiger partial charge >= 0.3 is 5.97 Å². The highest BCUT2D eigenvalue weighted by molar-refractivity contribution is 5.94. The minimum Gasteiger partial charge on any atom is -0.441 e. The number of hydrogen-bond acceptors (Lipinski definition) is 4. The summed E-state index contributed by atoms with van der Waals surface area (Å²) < 4.78 is 4.79. The van der Waals surface area contributed by atoms with E-state index in [-0.39, 0.29) is 12.3 Å². The SMILES string of the molecule is CC(NC(=O)c1ccccc1)OC(=O)CC#N. The van der Waals surface area contributed by atoms with Gasteiger partial charge in [0.1, 0.15) is 6.42 Å². The topological polar surface area (TPSA) is 79.2 Å². The van der Waals surface area contributed by atoms with Gasteiger partial charge < -0.3 is 10.1 Å². The maximum absolute atomic E-state index is 11.6. The van der Waals surface area contributed by atoms with Crippen LogP contribution in [0.2, 0.25) is 0 Å². The maximum Gasteiger partial charge on any atom is 0.322 e. The highest BCUT2D eigenvalue weighted by Gasteiger charge is 2.12. The second kappa shape index (κ2) is 6.28. The van der Waals surface area contributed by atoms with Crippen LogP contribution in [0.15, 0.2) is 30.3 Å². The summed E-state index contributed by atoms with van der Waals surface area (Å²) in [6, 6.07) is 10.2. The Labute approximate surface area is 99.0 Å². The summed E-state index contributed by atoms with van der Waals surface area (Å²) in [5.41, 5.74) is 0.482. The van der Waals surface area contributed by atoms with E-state index in [1.807, 2.05) is 0 Å². The van der Waals surface area contributed by atoms with Crippen molar-refractivity contribution in [3.8, 4) is 6.07 Å². The van der Waals surface area contributed by atoms with E-state index in [4.69, 9.17) is 10.00 Å². The molecule has 0 heterocycles.